The predicted molar refractivity (Wildman–Crippen MR) is 88.7 cm³/mol. The number of nitrogens with zero attached hydrogens (tertiary/aromatic N) is 1. The molecule has 116 valence electrons. The molecule has 0 heterocycles. The summed E-state index contributed by atoms with van der Waals surface area (Å²) in [6, 6.07) is 5.73. The molecule has 1 aliphatic rings. The third-order valence-electron chi connectivity index (χ3n) is 4.49. The fourth-order valence-corrected chi connectivity index (χ4v) is 3.15. The van der Waals surface area contributed by atoms with Crippen molar-refractivity contribution in [2.75, 3.05) is 24.7 Å². The lowest BCUT2D eigenvalue weighted by Crippen LogP contribution is -2.38. The van der Waals surface area contributed by atoms with E-state index in [1.54, 1.807) is 6.07 Å². The average Bonchev–Trinajstić information content (AvgIpc) is 2.47. The van der Waals surface area contributed by atoms with Gasteiger partial charge in [-0.05, 0) is 43.9 Å². The minimum atomic E-state index is -0.0231. The van der Waals surface area contributed by atoms with E-state index in [1.165, 1.54) is 32.1 Å². The van der Waals surface area contributed by atoms with Gasteiger partial charge in [-0.3, -0.25) is 4.79 Å². The molecule has 1 atom stereocenters. The Kier molecular flexibility index (Phi) is 5.10. The maximum atomic E-state index is 12.4. The molecule has 4 heteroatoms. The van der Waals surface area contributed by atoms with Crippen LogP contribution in [0.4, 0.5) is 11.4 Å². The molecule has 4 nitrogen and oxygen atoms in total. The lowest BCUT2D eigenvalue weighted by molar-refractivity contribution is 0.0919. The van der Waals surface area contributed by atoms with E-state index in [2.05, 4.69) is 12.2 Å². The molecule has 3 N–H and O–H groups in total. The van der Waals surface area contributed by atoms with Crippen LogP contribution in [0, 0.1) is 5.92 Å². The smallest absolute Gasteiger partial charge is 0.251 e. The summed E-state index contributed by atoms with van der Waals surface area (Å²) in [7, 11) is 3.88. The van der Waals surface area contributed by atoms with Gasteiger partial charge in [0, 0.05) is 25.7 Å². The normalized spacial score (nSPS) is 17.3. The van der Waals surface area contributed by atoms with Gasteiger partial charge in [0.2, 0.25) is 0 Å². The van der Waals surface area contributed by atoms with Crippen LogP contribution >= 0.6 is 0 Å². The molecule has 1 aromatic carbocycles. The molecule has 0 saturated heterocycles. The van der Waals surface area contributed by atoms with Gasteiger partial charge in [0.15, 0.2) is 0 Å². The van der Waals surface area contributed by atoms with Crippen molar-refractivity contribution in [1.82, 2.24) is 5.32 Å². The van der Waals surface area contributed by atoms with Crippen molar-refractivity contribution in [1.29, 1.82) is 0 Å². The van der Waals surface area contributed by atoms with Crippen LogP contribution in [0.15, 0.2) is 18.2 Å². The Balaban J connectivity index is 2.01. The Labute approximate surface area is 127 Å². The van der Waals surface area contributed by atoms with E-state index in [4.69, 9.17) is 5.73 Å². The number of nitrogens with one attached hydrogen (secondary N) is 1. The molecule has 0 aromatic heterocycles. The number of rotatable bonds is 4. The van der Waals surface area contributed by atoms with Crippen molar-refractivity contribution in [2.45, 2.75) is 45.1 Å². The zero-order valence-corrected chi connectivity index (χ0v) is 13.4. The number of carbonyl (C=O) groups is 1. The standard InChI is InChI=1S/C17H27N3O/c1-12(13-7-5-4-6-8-13)19-17(21)14-9-10-16(20(2)3)15(18)11-14/h9-13H,4-8,18H2,1-3H3,(H,19,21). The highest BCUT2D eigenvalue weighted by molar-refractivity contribution is 5.96. The van der Waals surface area contributed by atoms with Gasteiger partial charge in [-0.15, -0.1) is 0 Å². The number of carbonyl (C=O) groups excluding carboxylic acids is 1. The van der Waals surface area contributed by atoms with E-state index in [0.29, 0.717) is 17.2 Å². The Morgan fingerprint density at radius 3 is 2.52 bits per heavy atom. The van der Waals surface area contributed by atoms with Gasteiger partial charge < -0.3 is 16.0 Å². The maximum Gasteiger partial charge on any atom is 0.251 e. The fourth-order valence-electron chi connectivity index (χ4n) is 3.15. The molecule has 0 aliphatic heterocycles. The first-order valence-electron chi connectivity index (χ1n) is 7.86. The number of amides is 1. The summed E-state index contributed by atoms with van der Waals surface area (Å²) >= 11 is 0. The van der Waals surface area contributed by atoms with Gasteiger partial charge in [0.05, 0.1) is 11.4 Å². The lowest BCUT2D eigenvalue weighted by Gasteiger charge is -2.28. The van der Waals surface area contributed by atoms with Gasteiger partial charge >= 0.3 is 0 Å². The first-order chi connectivity index (χ1) is 9.99. The number of anilines is 2. The van der Waals surface area contributed by atoms with Crippen molar-refractivity contribution in [3.05, 3.63) is 23.8 Å². The fraction of sp³-hybridized carbons (Fsp3) is 0.588. The summed E-state index contributed by atoms with van der Waals surface area (Å²) < 4.78 is 0. The third kappa shape index (κ3) is 3.90. The molecule has 1 fully saturated rings. The van der Waals surface area contributed by atoms with Crippen LogP contribution in [-0.4, -0.2) is 26.0 Å². The monoisotopic (exact) mass is 289 g/mol. The molecule has 0 radical (unpaired) electrons. The van der Waals surface area contributed by atoms with Crippen LogP contribution in [0.2, 0.25) is 0 Å². The Morgan fingerprint density at radius 1 is 1.29 bits per heavy atom. The first kappa shape index (κ1) is 15.7. The molecule has 2 rings (SSSR count). The molecule has 1 unspecified atom stereocenters. The molecule has 1 amide bonds. The number of benzene rings is 1. The van der Waals surface area contributed by atoms with E-state index < -0.39 is 0 Å². The van der Waals surface area contributed by atoms with Gasteiger partial charge in [-0.2, -0.15) is 0 Å². The summed E-state index contributed by atoms with van der Waals surface area (Å²) in [4.78, 5) is 14.3. The molecule has 21 heavy (non-hydrogen) atoms. The summed E-state index contributed by atoms with van der Waals surface area (Å²) in [6.45, 7) is 2.12. The minimum absolute atomic E-state index is 0.0231. The zero-order chi connectivity index (χ0) is 15.4. The number of hydrogen-bond acceptors (Lipinski definition) is 3. The van der Waals surface area contributed by atoms with Gasteiger partial charge in [-0.1, -0.05) is 19.3 Å². The van der Waals surface area contributed by atoms with Crippen LogP contribution in [-0.2, 0) is 0 Å². The largest absolute Gasteiger partial charge is 0.397 e. The predicted octanol–water partition coefficient (Wildman–Crippen LogP) is 3.03. The topological polar surface area (TPSA) is 58.4 Å². The highest BCUT2D eigenvalue weighted by atomic mass is 16.1. The van der Waals surface area contributed by atoms with Gasteiger partial charge in [0.1, 0.15) is 0 Å². The maximum absolute atomic E-state index is 12.4. The van der Waals surface area contributed by atoms with Crippen LogP contribution < -0.4 is 16.0 Å². The Hall–Kier alpha value is -1.71. The van der Waals surface area contributed by atoms with Crippen molar-refractivity contribution in [2.24, 2.45) is 5.92 Å². The van der Waals surface area contributed by atoms with Crippen molar-refractivity contribution in [3.63, 3.8) is 0 Å². The van der Waals surface area contributed by atoms with E-state index >= 15 is 0 Å². The summed E-state index contributed by atoms with van der Waals surface area (Å²) in [5.74, 6) is 0.589. The Morgan fingerprint density at radius 2 is 1.95 bits per heavy atom. The van der Waals surface area contributed by atoms with Crippen LogP contribution in [0.1, 0.15) is 49.4 Å². The quantitative estimate of drug-likeness (QED) is 0.838. The molecule has 1 aliphatic carbocycles. The summed E-state index contributed by atoms with van der Waals surface area (Å²) in [5.41, 5.74) is 8.23. The highest BCUT2D eigenvalue weighted by Crippen LogP contribution is 2.27. The second-order valence-corrected chi connectivity index (χ2v) is 6.33. The summed E-state index contributed by atoms with van der Waals surface area (Å²) in [6.07, 6.45) is 6.36. The molecule has 0 spiro atoms. The molecule has 1 aromatic rings. The number of nitrogens with two attached hydrogens (primary N) is 1. The molecular formula is C17H27N3O. The molecule has 1 saturated carbocycles. The van der Waals surface area contributed by atoms with E-state index in [-0.39, 0.29) is 11.9 Å². The van der Waals surface area contributed by atoms with Crippen molar-refractivity contribution < 1.29 is 4.79 Å². The van der Waals surface area contributed by atoms with Crippen LogP contribution in [0.5, 0.6) is 0 Å². The van der Waals surface area contributed by atoms with E-state index in [1.807, 2.05) is 31.1 Å². The zero-order valence-electron chi connectivity index (χ0n) is 13.4. The third-order valence-corrected chi connectivity index (χ3v) is 4.49. The number of hydrogen-bond donors (Lipinski definition) is 2. The second kappa shape index (κ2) is 6.83. The minimum Gasteiger partial charge on any atom is -0.397 e. The second-order valence-electron chi connectivity index (χ2n) is 6.33. The van der Waals surface area contributed by atoms with Crippen LogP contribution in [0.3, 0.4) is 0 Å². The number of nitrogen functional groups attached to an aromatic ring is 1. The van der Waals surface area contributed by atoms with Crippen molar-refractivity contribution in [3.8, 4) is 0 Å². The molecular weight excluding hydrogens is 262 g/mol. The van der Waals surface area contributed by atoms with E-state index in [9.17, 15) is 4.79 Å². The first-order valence-corrected chi connectivity index (χ1v) is 7.86. The lowest BCUT2D eigenvalue weighted by atomic mass is 9.84. The van der Waals surface area contributed by atoms with Crippen molar-refractivity contribution >= 4 is 17.3 Å². The Bertz CT molecular complexity index is 493. The molecule has 0 bridgehead atoms. The SMILES string of the molecule is CC(NC(=O)c1ccc(N(C)C)c(N)c1)C1CCCCC1. The van der Waals surface area contributed by atoms with Crippen LogP contribution in [0.25, 0.3) is 0 Å². The summed E-state index contributed by atoms with van der Waals surface area (Å²) in [5, 5.41) is 3.13. The highest BCUT2D eigenvalue weighted by Gasteiger charge is 2.22. The van der Waals surface area contributed by atoms with E-state index in [0.717, 1.165) is 5.69 Å². The average molecular weight is 289 g/mol. The van der Waals surface area contributed by atoms with Gasteiger partial charge in [-0.25, -0.2) is 0 Å². The van der Waals surface area contributed by atoms with Gasteiger partial charge in [0.25, 0.3) is 5.91 Å².